The summed E-state index contributed by atoms with van der Waals surface area (Å²) in [5.41, 5.74) is 0. The van der Waals surface area contributed by atoms with Gasteiger partial charge in [0.25, 0.3) is 0 Å². The van der Waals surface area contributed by atoms with Gasteiger partial charge >= 0.3 is 0 Å². The molecule has 0 atom stereocenters. The zero-order chi connectivity index (χ0) is 9.80. The van der Waals surface area contributed by atoms with E-state index in [4.69, 9.17) is 0 Å². The number of piperazine rings is 1. The number of nitrogens with zero attached hydrogens (tertiary/aromatic N) is 1. The number of hydrogen-bond acceptors (Lipinski definition) is 4. The SMILES string of the molecule is Brc1ccc(SCN2CCNCC2)s1. The van der Waals surface area contributed by atoms with Gasteiger partial charge in [-0.25, -0.2) is 0 Å². The smallest absolute Gasteiger partial charge is 0.0710 e. The molecule has 1 aliphatic rings. The van der Waals surface area contributed by atoms with Gasteiger partial charge in [-0.3, -0.25) is 4.90 Å². The molecule has 0 aromatic carbocycles. The van der Waals surface area contributed by atoms with Crippen molar-refractivity contribution in [1.29, 1.82) is 0 Å². The second kappa shape index (κ2) is 5.51. The summed E-state index contributed by atoms with van der Waals surface area (Å²) in [7, 11) is 0. The summed E-state index contributed by atoms with van der Waals surface area (Å²) in [6.07, 6.45) is 0. The first-order valence-electron chi connectivity index (χ1n) is 4.66. The van der Waals surface area contributed by atoms with Gasteiger partial charge in [0.15, 0.2) is 0 Å². The topological polar surface area (TPSA) is 15.3 Å². The fraction of sp³-hybridized carbons (Fsp3) is 0.556. The largest absolute Gasteiger partial charge is 0.314 e. The minimum atomic E-state index is 1.12. The predicted octanol–water partition coefficient (Wildman–Crippen LogP) is 2.47. The Kier molecular flexibility index (Phi) is 4.31. The summed E-state index contributed by atoms with van der Waals surface area (Å²) in [6, 6.07) is 4.30. The number of thiophene rings is 1. The van der Waals surface area contributed by atoms with Crippen molar-refractivity contribution in [1.82, 2.24) is 10.2 Å². The van der Waals surface area contributed by atoms with Crippen molar-refractivity contribution in [2.24, 2.45) is 0 Å². The van der Waals surface area contributed by atoms with Crippen molar-refractivity contribution in [3.05, 3.63) is 15.9 Å². The monoisotopic (exact) mass is 292 g/mol. The van der Waals surface area contributed by atoms with Crippen LogP contribution in [0.2, 0.25) is 0 Å². The normalized spacial score (nSPS) is 18.6. The van der Waals surface area contributed by atoms with E-state index in [9.17, 15) is 0 Å². The van der Waals surface area contributed by atoms with Crippen LogP contribution in [0.3, 0.4) is 0 Å². The average Bonchev–Trinajstić information content (AvgIpc) is 2.63. The maximum absolute atomic E-state index is 3.48. The Morgan fingerprint density at radius 1 is 1.43 bits per heavy atom. The lowest BCUT2D eigenvalue weighted by molar-refractivity contribution is 0.280. The minimum absolute atomic E-state index is 1.12. The van der Waals surface area contributed by atoms with Crippen molar-refractivity contribution in [3.63, 3.8) is 0 Å². The first kappa shape index (κ1) is 11.0. The van der Waals surface area contributed by atoms with Crippen LogP contribution < -0.4 is 5.32 Å². The molecule has 5 heteroatoms. The third-order valence-corrected chi connectivity index (χ3v) is 5.08. The Bertz CT molecular complexity index is 284. The van der Waals surface area contributed by atoms with E-state index in [1.165, 1.54) is 21.1 Å². The summed E-state index contributed by atoms with van der Waals surface area (Å²) in [4.78, 5) is 2.49. The van der Waals surface area contributed by atoms with Crippen LogP contribution in [0.15, 0.2) is 20.1 Å². The fourth-order valence-corrected chi connectivity index (χ4v) is 4.21. The summed E-state index contributed by atoms with van der Waals surface area (Å²) in [5.74, 6) is 1.12. The molecular weight excluding hydrogens is 280 g/mol. The van der Waals surface area contributed by atoms with Crippen LogP contribution in [-0.4, -0.2) is 37.0 Å². The lowest BCUT2D eigenvalue weighted by Gasteiger charge is -2.26. The highest BCUT2D eigenvalue weighted by molar-refractivity contribution is 9.11. The number of nitrogens with one attached hydrogen (secondary N) is 1. The Balaban J connectivity index is 1.76. The van der Waals surface area contributed by atoms with Gasteiger partial charge in [0, 0.05) is 26.2 Å². The molecule has 1 N–H and O–H groups in total. The van der Waals surface area contributed by atoms with E-state index < -0.39 is 0 Å². The lowest BCUT2D eigenvalue weighted by atomic mass is 10.4. The van der Waals surface area contributed by atoms with Crippen LogP contribution in [0.25, 0.3) is 0 Å². The highest BCUT2D eigenvalue weighted by Crippen LogP contribution is 2.30. The molecule has 0 unspecified atom stereocenters. The van der Waals surface area contributed by atoms with E-state index >= 15 is 0 Å². The van der Waals surface area contributed by atoms with Crippen LogP contribution in [-0.2, 0) is 0 Å². The fourth-order valence-electron chi connectivity index (χ4n) is 1.37. The average molecular weight is 293 g/mol. The highest BCUT2D eigenvalue weighted by atomic mass is 79.9. The zero-order valence-corrected chi connectivity index (χ0v) is 11.1. The maximum Gasteiger partial charge on any atom is 0.0710 e. The van der Waals surface area contributed by atoms with Gasteiger partial charge in [-0.05, 0) is 28.1 Å². The zero-order valence-electron chi connectivity index (χ0n) is 7.83. The van der Waals surface area contributed by atoms with E-state index in [1.807, 2.05) is 23.1 Å². The maximum atomic E-state index is 3.48. The van der Waals surface area contributed by atoms with Crippen molar-refractivity contribution in [2.45, 2.75) is 4.21 Å². The Morgan fingerprint density at radius 2 is 2.21 bits per heavy atom. The minimum Gasteiger partial charge on any atom is -0.314 e. The first-order valence-corrected chi connectivity index (χ1v) is 7.25. The molecule has 0 spiro atoms. The first-order chi connectivity index (χ1) is 6.84. The van der Waals surface area contributed by atoms with Crippen LogP contribution in [0.1, 0.15) is 0 Å². The molecular formula is C9H13BrN2S2. The van der Waals surface area contributed by atoms with Crippen LogP contribution in [0.5, 0.6) is 0 Å². The molecule has 2 heterocycles. The van der Waals surface area contributed by atoms with Crippen molar-refractivity contribution in [3.8, 4) is 0 Å². The Hall–Kier alpha value is 0.450. The van der Waals surface area contributed by atoms with Gasteiger partial charge in [-0.2, -0.15) is 0 Å². The summed E-state index contributed by atoms with van der Waals surface area (Å²) in [6.45, 7) is 4.63. The third kappa shape index (κ3) is 3.24. The van der Waals surface area contributed by atoms with E-state index in [2.05, 4.69) is 38.3 Å². The van der Waals surface area contributed by atoms with Crippen LogP contribution in [0.4, 0.5) is 0 Å². The number of halogens is 1. The molecule has 14 heavy (non-hydrogen) atoms. The van der Waals surface area contributed by atoms with Gasteiger partial charge in [-0.1, -0.05) is 11.8 Å². The van der Waals surface area contributed by atoms with Gasteiger partial charge in [0.05, 0.1) is 13.9 Å². The molecule has 0 aliphatic carbocycles. The summed E-state index contributed by atoms with van der Waals surface area (Å²) >= 11 is 7.23. The molecule has 2 nitrogen and oxygen atoms in total. The Morgan fingerprint density at radius 3 is 2.86 bits per heavy atom. The van der Waals surface area contributed by atoms with E-state index in [0.717, 1.165) is 19.0 Å². The molecule has 1 aromatic rings. The second-order valence-corrected chi connectivity index (χ2v) is 6.91. The molecule has 0 radical (unpaired) electrons. The molecule has 0 bridgehead atoms. The van der Waals surface area contributed by atoms with Crippen molar-refractivity contribution < 1.29 is 0 Å². The van der Waals surface area contributed by atoms with Gasteiger partial charge in [-0.15, -0.1) is 11.3 Å². The second-order valence-electron chi connectivity index (χ2n) is 3.20. The van der Waals surface area contributed by atoms with E-state index in [-0.39, 0.29) is 0 Å². The van der Waals surface area contributed by atoms with Gasteiger partial charge in [0.1, 0.15) is 0 Å². The molecule has 1 fully saturated rings. The van der Waals surface area contributed by atoms with Crippen LogP contribution in [0, 0.1) is 0 Å². The highest BCUT2D eigenvalue weighted by Gasteiger charge is 2.09. The molecule has 1 aliphatic heterocycles. The number of hydrogen-bond donors (Lipinski definition) is 1. The molecule has 1 saturated heterocycles. The summed E-state index contributed by atoms with van der Waals surface area (Å²) in [5, 5.41) is 3.36. The summed E-state index contributed by atoms with van der Waals surface area (Å²) < 4.78 is 2.62. The van der Waals surface area contributed by atoms with Gasteiger partial charge < -0.3 is 5.32 Å². The molecule has 0 amide bonds. The van der Waals surface area contributed by atoms with E-state index in [1.54, 1.807) is 0 Å². The quantitative estimate of drug-likeness (QED) is 0.862. The molecule has 0 saturated carbocycles. The van der Waals surface area contributed by atoms with Crippen molar-refractivity contribution >= 4 is 39.0 Å². The van der Waals surface area contributed by atoms with Gasteiger partial charge in [0.2, 0.25) is 0 Å². The third-order valence-electron chi connectivity index (χ3n) is 2.15. The predicted molar refractivity (Wildman–Crippen MR) is 67.2 cm³/mol. The van der Waals surface area contributed by atoms with E-state index in [0.29, 0.717) is 0 Å². The lowest BCUT2D eigenvalue weighted by Crippen LogP contribution is -2.43. The molecule has 1 aromatic heterocycles. The molecule has 2 rings (SSSR count). The van der Waals surface area contributed by atoms with Crippen LogP contribution >= 0.6 is 39.0 Å². The number of rotatable bonds is 3. The Labute approximate surface area is 101 Å². The van der Waals surface area contributed by atoms with Crippen molar-refractivity contribution in [2.75, 3.05) is 32.1 Å². The standard InChI is InChI=1S/C9H13BrN2S2/c10-8-1-2-9(14-8)13-7-12-5-3-11-4-6-12/h1-2,11H,3-7H2. The molecule has 78 valence electrons. The number of thioether (sulfide) groups is 1.